The van der Waals surface area contributed by atoms with Crippen molar-refractivity contribution >= 4 is 17.8 Å². The van der Waals surface area contributed by atoms with Crippen LogP contribution in [0.1, 0.15) is 110 Å². The Bertz CT molecular complexity index is 407. The SMILES string of the molecule is CCCCCCCCC(=O)OCC(COC(=O)CCCCCCCC)CC(N)=O. The van der Waals surface area contributed by atoms with E-state index in [0.717, 1.165) is 38.5 Å². The number of hydrogen-bond acceptors (Lipinski definition) is 5. The van der Waals surface area contributed by atoms with Crippen molar-refractivity contribution in [1.82, 2.24) is 0 Å². The third-order valence-electron chi connectivity index (χ3n) is 4.92. The molecule has 0 aromatic rings. The average molecular weight is 414 g/mol. The second-order valence-corrected chi connectivity index (χ2v) is 7.94. The molecule has 0 bridgehead atoms. The van der Waals surface area contributed by atoms with E-state index >= 15 is 0 Å². The molecular formula is C23H43NO5. The van der Waals surface area contributed by atoms with Crippen LogP contribution >= 0.6 is 0 Å². The minimum atomic E-state index is -0.492. The van der Waals surface area contributed by atoms with Gasteiger partial charge in [-0.1, -0.05) is 78.1 Å². The van der Waals surface area contributed by atoms with Crippen LogP contribution < -0.4 is 5.73 Å². The third-order valence-corrected chi connectivity index (χ3v) is 4.92. The summed E-state index contributed by atoms with van der Waals surface area (Å²) >= 11 is 0. The summed E-state index contributed by atoms with van der Waals surface area (Å²) in [5.74, 6) is -1.41. The van der Waals surface area contributed by atoms with E-state index in [9.17, 15) is 14.4 Å². The van der Waals surface area contributed by atoms with Gasteiger partial charge in [-0.15, -0.1) is 0 Å². The topological polar surface area (TPSA) is 95.7 Å². The Morgan fingerprint density at radius 2 is 1.03 bits per heavy atom. The number of nitrogens with two attached hydrogens (primary N) is 1. The molecule has 6 nitrogen and oxygen atoms in total. The summed E-state index contributed by atoms with van der Waals surface area (Å²) < 4.78 is 10.5. The van der Waals surface area contributed by atoms with Gasteiger partial charge in [-0.25, -0.2) is 0 Å². The van der Waals surface area contributed by atoms with Crippen LogP contribution in [0.2, 0.25) is 0 Å². The second kappa shape index (κ2) is 19.7. The lowest BCUT2D eigenvalue weighted by molar-refractivity contribution is -0.150. The van der Waals surface area contributed by atoms with E-state index in [1.54, 1.807) is 0 Å². The molecule has 1 amide bonds. The van der Waals surface area contributed by atoms with Gasteiger partial charge < -0.3 is 15.2 Å². The first kappa shape index (κ1) is 27.4. The lowest BCUT2D eigenvalue weighted by Crippen LogP contribution is -2.26. The molecule has 29 heavy (non-hydrogen) atoms. The number of esters is 2. The van der Waals surface area contributed by atoms with Crippen LogP contribution in [0, 0.1) is 5.92 Å². The van der Waals surface area contributed by atoms with Crippen molar-refractivity contribution in [3.05, 3.63) is 0 Å². The predicted molar refractivity (Wildman–Crippen MR) is 115 cm³/mol. The highest BCUT2D eigenvalue weighted by atomic mass is 16.5. The van der Waals surface area contributed by atoms with Gasteiger partial charge in [0.2, 0.25) is 5.91 Å². The molecule has 0 spiro atoms. The number of rotatable bonds is 20. The van der Waals surface area contributed by atoms with E-state index in [2.05, 4.69) is 13.8 Å². The Balaban J connectivity index is 3.96. The van der Waals surface area contributed by atoms with E-state index in [-0.39, 0.29) is 37.5 Å². The highest BCUT2D eigenvalue weighted by Crippen LogP contribution is 2.11. The highest BCUT2D eigenvalue weighted by molar-refractivity contribution is 5.74. The molecule has 0 heterocycles. The van der Waals surface area contributed by atoms with Crippen molar-refractivity contribution in [3.8, 4) is 0 Å². The fourth-order valence-electron chi connectivity index (χ4n) is 3.12. The number of amides is 1. The Morgan fingerprint density at radius 1 is 0.655 bits per heavy atom. The van der Waals surface area contributed by atoms with Crippen LogP contribution in [0.5, 0.6) is 0 Å². The molecule has 0 aliphatic rings. The molecule has 0 atom stereocenters. The summed E-state index contributed by atoms with van der Waals surface area (Å²) in [4.78, 5) is 35.0. The average Bonchev–Trinajstić information content (AvgIpc) is 2.69. The fraction of sp³-hybridized carbons (Fsp3) is 0.870. The van der Waals surface area contributed by atoms with Crippen LogP contribution in [0.15, 0.2) is 0 Å². The standard InChI is InChI=1S/C23H43NO5/c1-3-5-7-9-11-13-15-22(26)28-18-20(17-21(24)25)19-29-23(27)16-14-12-10-8-6-4-2/h20H,3-19H2,1-2H3,(H2,24,25). The van der Waals surface area contributed by atoms with Crippen LogP contribution in [0.4, 0.5) is 0 Å². The number of carbonyl (C=O) groups is 3. The van der Waals surface area contributed by atoms with E-state index < -0.39 is 5.91 Å². The van der Waals surface area contributed by atoms with Crippen molar-refractivity contribution in [2.75, 3.05) is 13.2 Å². The monoisotopic (exact) mass is 413 g/mol. The molecule has 0 saturated heterocycles. The molecule has 0 unspecified atom stereocenters. The Kier molecular flexibility index (Phi) is 18.6. The number of primary amides is 1. The Hall–Kier alpha value is -1.59. The maximum Gasteiger partial charge on any atom is 0.305 e. The maximum absolute atomic E-state index is 11.9. The predicted octanol–water partition coefficient (Wildman–Crippen LogP) is 5.07. The molecule has 0 fully saturated rings. The van der Waals surface area contributed by atoms with Crippen LogP contribution in [-0.4, -0.2) is 31.1 Å². The quantitative estimate of drug-likeness (QED) is 0.222. The summed E-state index contributed by atoms with van der Waals surface area (Å²) in [7, 11) is 0. The maximum atomic E-state index is 11.9. The van der Waals surface area contributed by atoms with Crippen molar-refractivity contribution in [3.63, 3.8) is 0 Å². The normalized spacial score (nSPS) is 10.9. The second-order valence-electron chi connectivity index (χ2n) is 7.94. The van der Waals surface area contributed by atoms with Gasteiger partial charge in [-0.2, -0.15) is 0 Å². The van der Waals surface area contributed by atoms with Gasteiger partial charge in [-0.3, -0.25) is 14.4 Å². The zero-order chi connectivity index (χ0) is 21.7. The first-order valence-corrected chi connectivity index (χ1v) is 11.6. The van der Waals surface area contributed by atoms with Crippen molar-refractivity contribution in [2.24, 2.45) is 11.7 Å². The molecule has 0 radical (unpaired) electrons. The number of ether oxygens (including phenoxy) is 2. The van der Waals surface area contributed by atoms with Gasteiger partial charge in [0.25, 0.3) is 0 Å². The fourth-order valence-corrected chi connectivity index (χ4v) is 3.12. The molecule has 0 aliphatic heterocycles. The minimum absolute atomic E-state index is 0.0363. The smallest absolute Gasteiger partial charge is 0.305 e. The van der Waals surface area contributed by atoms with Gasteiger partial charge in [0.15, 0.2) is 0 Å². The van der Waals surface area contributed by atoms with E-state index in [1.807, 2.05) is 0 Å². The Morgan fingerprint density at radius 3 is 1.41 bits per heavy atom. The van der Waals surface area contributed by atoms with Crippen LogP contribution in [0.3, 0.4) is 0 Å². The molecular weight excluding hydrogens is 370 g/mol. The molecule has 0 aromatic carbocycles. The summed E-state index contributed by atoms with van der Waals surface area (Å²) in [6, 6.07) is 0. The van der Waals surface area contributed by atoms with Crippen molar-refractivity contribution in [2.45, 2.75) is 110 Å². The molecule has 0 aromatic heterocycles. The Labute approximate surface area is 177 Å². The third kappa shape index (κ3) is 19.5. The van der Waals surface area contributed by atoms with Crippen LogP contribution in [-0.2, 0) is 23.9 Å². The summed E-state index contributed by atoms with van der Waals surface area (Å²) in [6.45, 7) is 4.46. The summed E-state index contributed by atoms with van der Waals surface area (Å²) in [5.41, 5.74) is 5.26. The molecule has 0 aliphatic carbocycles. The van der Waals surface area contributed by atoms with E-state index in [1.165, 1.54) is 38.5 Å². The first-order valence-electron chi connectivity index (χ1n) is 11.6. The van der Waals surface area contributed by atoms with E-state index in [0.29, 0.717) is 12.8 Å². The zero-order valence-electron chi connectivity index (χ0n) is 18.7. The van der Waals surface area contributed by atoms with Gasteiger partial charge >= 0.3 is 11.9 Å². The number of unbranched alkanes of at least 4 members (excludes halogenated alkanes) is 10. The van der Waals surface area contributed by atoms with Crippen molar-refractivity contribution in [1.29, 1.82) is 0 Å². The number of carbonyl (C=O) groups excluding carboxylic acids is 3. The molecule has 6 heteroatoms. The lowest BCUT2D eigenvalue weighted by atomic mass is 10.1. The van der Waals surface area contributed by atoms with Gasteiger partial charge in [0.1, 0.15) is 0 Å². The summed E-state index contributed by atoms with van der Waals surface area (Å²) in [5, 5.41) is 0. The van der Waals surface area contributed by atoms with Crippen LogP contribution in [0.25, 0.3) is 0 Å². The zero-order valence-corrected chi connectivity index (χ0v) is 18.7. The van der Waals surface area contributed by atoms with Gasteiger partial charge in [-0.05, 0) is 12.8 Å². The van der Waals surface area contributed by atoms with Gasteiger partial charge in [0, 0.05) is 25.2 Å². The molecule has 2 N–H and O–H groups in total. The largest absolute Gasteiger partial charge is 0.465 e. The lowest BCUT2D eigenvalue weighted by Gasteiger charge is -2.16. The highest BCUT2D eigenvalue weighted by Gasteiger charge is 2.17. The first-order chi connectivity index (χ1) is 14.0. The summed E-state index contributed by atoms with van der Waals surface area (Å²) in [6.07, 6.45) is 14.0. The van der Waals surface area contributed by atoms with E-state index in [4.69, 9.17) is 15.2 Å². The van der Waals surface area contributed by atoms with Gasteiger partial charge in [0.05, 0.1) is 13.2 Å². The molecule has 0 rings (SSSR count). The molecule has 170 valence electrons. The van der Waals surface area contributed by atoms with Crippen molar-refractivity contribution < 1.29 is 23.9 Å². The molecule has 0 saturated carbocycles. The number of hydrogen-bond donors (Lipinski definition) is 1. The minimum Gasteiger partial charge on any atom is -0.465 e.